The molecule has 36 heavy (non-hydrogen) atoms. The molecule has 9 heteroatoms. The summed E-state index contributed by atoms with van der Waals surface area (Å²) in [4.78, 5) is 20.6. The van der Waals surface area contributed by atoms with Crippen LogP contribution in [0.3, 0.4) is 0 Å². The summed E-state index contributed by atoms with van der Waals surface area (Å²) in [7, 11) is 1.58. The molecule has 8 nitrogen and oxygen atoms in total. The van der Waals surface area contributed by atoms with Crippen LogP contribution in [0.1, 0.15) is 34.7 Å². The first-order chi connectivity index (χ1) is 17.6. The number of imidazole rings is 1. The summed E-state index contributed by atoms with van der Waals surface area (Å²) >= 11 is 6.10. The molecule has 1 saturated heterocycles. The number of anilines is 1. The Morgan fingerprint density at radius 2 is 1.94 bits per heavy atom. The van der Waals surface area contributed by atoms with E-state index >= 15 is 0 Å². The molecule has 2 aliphatic rings. The smallest absolute Gasteiger partial charge is 0.274 e. The van der Waals surface area contributed by atoms with E-state index in [1.54, 1.807) is 25.3 Å². The normalized spacial score (nSPS) is 16.3. The van der Waals surface area contributed by atoms with E-state index in [9.17, 15) is 4.79 Å². The SMILES string of the molecule is COc1cc(Cl)ccc1OCc1nc2c(n1Cc1ccccc1)C(=O)N(CC1CCOCC1)CCN2. The lowest BCUT2D eigenvalue weighted by molar-refractivity contribution is 0.0463. The Balaban J connectivity index is 1.45. The number of carbonyl (C=O) groups is 1. The summed E-state index contributed by atoms with van der Waals surface area (Å²) < 4.78 is 19.0. The van der Waals surface area contributed by atoms with E-state index in [0.717, 1.165) is 38.2 Å². The molecule has 2 aromatic carbocycles. The fourth-order valence-corrected chi connectivity index (χ4v) is 4.93. The van der Waals surface area contributed by atoms with Crippen molar-refractivity contribution in [3.63, 3.8) is 0 Å². The Morgan fingerprint density at radius 3 is 2.72 bits per heavy atom. The molecule has 3 aromatic rings. The van der Waals surface area contributed by atoms with E-state index in [1.165, 1.54) is 0 Å². The number of hydrogen-bond acceptors (Lipinski definition) is 6. The lowest BCUT2D eigenvalue weighted by Crippen LogP contribution is -2.39. The van der Waals surface area contributed by atoms with Crippen molar-refractivity contribution in [3.8, 4) is 11.5 Å². The van der Waals surface area contributed by atoms with Gasteiger partial charge in [-0.3, -0.25) is 4.79 Å². The van der Waals surface area contributed by atoms with Gasteiger partial charge in [0.25, 0.3) is 5.91 Å². The summed E-state index contributed by atoms with van der Waals surface area (Å²) in [6, 6.07) is 15.3. The van der Waals surface area contributed by atoms with Gasteiger partial charge in [-0.05, 0) is 36.5 Å². The molecular formula is C27H31ClN4O4. The number of halogens is 1. The molecular weight excluding hydrogens is 480 g/mol. The molecule has 0 bridgehead atoms. The summed E-state index contributed by atoms with van der Waals surface area (Å²) in [5.41, 5.74) is 1.65. The topological polar surface area (TPSA) is 77.9 Å². The third kappa shape index (κ3) is 5.44. The van der Waals surface area contributed by atoms with E-state index in [-0.39, 0.29) is 12.5 Å². The van der Waals surface area contributed by atoms with Gasteiger partial charge in [0.1, 0.15) is 12.4 Å². The summed E-state index contributed by atoms with van der Waals surface area (Å²) in [5, 5.41) is 3.95. The van der Waals surface area contributed by atoms with Crippen LogP contribution in [0, 0.1) is 5.92 Å². The molecule has 190 valence electrons. The van der Waals surface area contributed by atoms with Crippen LogP contribution in [0.25, 0.3) is 0 Å². The van der Waals surface area contributed by atoms with Crippen LogP contribution in [-0.4, -0.2) is 60.3 Å². The van der Waals surface area contributed by atoms with Gasteiger partial charge in [-0.1, -0.05) is 41.9 Å². The van der Waals surface area contributed by atoms with Gasteiger partial charge in [-0.15, -0.1) is 0 Å². The van der Waals surface area contributed by atoms with Gasteiger partial charge in [-0.25, -0.2) is 4.98 Å². The zero-order chi connectivity index (χ0) is 24.9. The first-order valence-corrected chi connectivity index (χ1v) is 12.7. The van der Waals surface area contributed by atoms with Gasteiger partial charge >= 0.3 is 0 Å². The molecule has 0 unspecified atom stereocenters. The molecule has 0 saturated carbocycles. The van der Waals surface area contributed by atoms with Crippen LogP contribution in [0.4, 0.5) is 5.82 Å². The second-order valence-electron chi connectivity index (χ2n) is 9.11. The van der Waals surface area contributed by atoms with Crippen LogP contribution >= 0.6 is 11.6 Å². The summed E-state index contributed by atoms with van der Waals surface area (Å²) in [5.74, 6) is 2.82. The number of fused-ring (bicyclic) bond motifs is 1. The number of rotatable bonds is 8. The molecule has 2 aliphatic heterocycles. The predicted molar refractivity (Wildman–Crippen MR) is 138 cm³/mol. The Kier molecular flexibility index (Phi) is 7.63. The Labute approximate surface area is 216 Å². The minimum absolute atomic E-state index is 0.000228. The molecule has 0 atom stereocenters. The minimum atomic E-state index is 0.000228. The van der Waals surface area contributed by atoms with E-state index in [1.807, 2.05) is 39.8 Å². The van der Waals surface area contributed by atoms with Crippen molar-refractivity contribution in [2.45, 2.75) is 26.0 Å². The Hall–Kier alpha value is -3.23. The van der Waals surface area contributed by atoms with E-state index in [0.29, 0.717) is 59.4 Å². The number of hydrogen-bond donors (Lipinski definition) is 1. The minimum Gasteiger partial charge on any atom is -0.493 e. The lowest BCUT2D eigenvalue weighted by atomic mass is 9.99. The molecule has 0 radical (unpaired) electrons. The molecule has 5 rings (SSSR count). The van der Waals surface area contributed by atoms with Crippen molar-refractivity contribution in [1.29, 1.82) is 0 Å². The van der Waals surface area contributed by atoms with Crippen molar-refractivity contribution in [2.75, 3.05) is 45.3 Å². The van der Waals surface area contributed by atoms with Crippen LogP contribution in [0.15, 0.2) is 48.5 Å². The largest absolute Gasteiger partial charge is 0.493 e. The van der Waals surface area contributed by atoms with Crippen molar-refractivity contribution < 1.29 is 19.0 Å². The van der Waals surface area contributed by atoms with Crippen LogP contribution in [-0.2, 0) is 17.9 Å². The number of carbonyl (C=O) groups excluding carboxylic acids is 1. The van der Waals surface area contributed by atoms with Gasteiger partial charge < -0.3 is 29.0 Å². The van der Waals surface area contributed by atoms with Crippen LogP contribution < -0.4 is 14.8 Å². The second-order valence-corrected chi connectivity index (χ2v) is 9.55. The van der Waals surface area contributed by atoms with Crippen molar-refractivity contribution in [3.05, 3.63) is 70.6 Å². The van der Waals surface area contributed by atoms with Crippen molar-refractivity contribution in [2.24, 2.45) is 5.92 Å². The van der Waals surface area contributed by atoms with Crippen LogP contribution in [0.2, 0.25) is 5.02 Å². The fourth-order valence-electron chi connectivity index (χ4n) is 4.76. The molecule has 1 N–H and O–H groups in total. The number of nitrogens with zero attached hydrogens (tertiary/aromatic N) is 3. The average molecular weight is 511 g/mol. The second kappa shape index (κ2) is 11.2. The number of aromatic nitrogens is 2. The highest BCUT2D eigenvalue weighted by Crippen LogP contribution is 2.31. The standard InChI is InChI=1S/C27H31ClN4O4/c1-34-23-15-21(28)7-8-22(23)36-18-24-30-26-25(32(24)17-19-5-3-2-4-6-19)27(33)31(12-11-29-26)16-20-9-13-35-14-10-20/h2-8,15,20,29H,9-14,16-18H2,1H3. The van der Waals surface area contributed by atoms with E-state index in [2.05, 4.69) is 5.32 Å². The average Bonchev–Trinajstić information content (AvgIpc) is 3.16. The Morgan fingerprint density at radius 1 is 1.14 bits per heavy atom. The number of ether oxygens (including phenoxy) is 3. The molecule has 1 amide bonds. The maximum Gasteiger partial charge on any atom is 0.274 e. The number of benzene rings is 2. The highest BCUT2D eigenvalue weighted by Gasteiger charge is 2.31. The highest BCUT2D eigenvalue weighted by atomic mass is 35.5. The monoisotopic (exact) mass is 510 g/mol. The van der Waals surface area contributed by atoms with Crippen molar-refractivity contribution in [1.82, 2.24) is 14.5 Å². The number of amides is 1. The van der Waals surface area contributed by atoms with E-state index in [4.69, 9.17) is 30.8 Å². The summed E-state index contributed by atoms with van der Waals surface area (Å²) in [6.45, 7) is 4.23. The highest BCUT2D eigenvalue weighted by molar-refractivity contribution is 6.30. The maximum atomic E-state index is 13.9. The Bertz CT molecular complexity index is 1190. The lowest BCUT2D eigenvalue weighted by Gasteiger charge is -2.29. The van der Waals surface area contributed by atoms with Gasteiger partial charge in [0.15, 0.2) is 23.0 Å². The summed E-state index contributed by atoms with van der Waals surface area (Å²) in [6.07, 6.45) is 1.96. The van der Waals surface area contributed by atoms with Gasteiger partial charge in [0, 0.05) is 50.5 Å². The van der Waals surface area contributed by atoms with Gasteiger partial charge in [-0.2, -0.15) is 0 Å². The zero-order valence-corrected chi connectivity index (χ0v) is 21.2. The molecule has 0 spiro atoms. The molecule has 3 heterocycles. The predicted octanol–water partition coefficient (Wildman–Crippen LogP) is 4.47. The quantitative estimate of drug-likeness (QED) is 0.482. The van der Waals surface area contributed by atoms with Gasteiger partial charge in [0.05, 0.1) is 7.11 Å². The third-order valence-electron chi connectivity index (χ3n) is 6.70. The number of methoxy groups -OCH3 is 1. The maximum absolute atomic E-state index is 13.9. The third-order valence-corrected chi connectivity index (χ3v) is 6.93. The zero-order valence-electron chi connectivity index (χ0n) is 20.4. The number of nitrogens with one attached hydrogen (secondary N) is 1. The molecule has 1 fully saturated rings. The van der Waals surface area contributed by atoms with Crippen molar-refractivity contribution >= 4 is 23.3 Å². The molecule has 0 aliphatic carbocycles. The first kappa shape index (κ1) is 24.5. The van der Waals surface area contributed by atoms with E-state index < -0.39 is 0 Å². The fraction of sp³-hybridized carbons (Fsp3) is 0.407. The molecule has 1 aromatic heterocycles. The van der Waals surface area contributed by atoms with Gasteiger partial charge in [0.2, 0.25) is 0 Å². The van der Waals surface area contributed by atoms with Crippen LogP contribution in [0.5, 0.6) is 11.5 Å². The first-order valence-electron chi connectivity index (χ1n) is 12.3.